The lowest BCUT2D eigenvalue weighted by atomic mass is 10.0. The van der Waals surface area contributed by atoms with Gasteiger partial charge >= 0.3 is 0 Å². The molecule has 0 atom stereocenters. The molecule has 0 saturated carbocycles. The van der Waals surface area contributed by atoms with Crippen LogP contribution in [0.1, 0.15) is 25.3 Å². The van der Waals surface area contributed by atoms with Crippen LogP contribution in [0.2, 0.25) is 0 Å². The van der Waals surface area contributed by atoms with Gasteiger partial charge in [0, 0.05) is 16.0 Å². The van der Waals surface area contributed by atoms with Crippen LogP contribution < -0.4 is 4.90 Å². The second-order valence-corrected chi connectivity index (χ2v) is 9.72. The molecule has 1 aromatic heterocycles. The van der Waals surface area contributed by atoms with Gasteiger partial charge in [0.2, 0.25) is 9.84 Å². The van der Waals surface area contributed by atoms with Crippen LogP contribution in [0.15, 0.2) is 74.3 Å². The Hall–Kier alpha value is -2.31. The Morgan fingerprint density at radius 3 is 2.62 bits per heavy atom. The first-order chi connectivity index (χ1) is 12.5. The van der Waals surface area contributed by atoms with Gasteiger partial charge in [-0.25, -0.2) is 13.4 Å². The van der Waals surface area contributed by atoms with Crippen molar-refractivity contribution in [2.75, 3.05) is 4.90 Å². The number of aromatic nitrogens is 1. The standard InChI is InChI=1S/C20H16N2O2S2/c1-12(2)13-8-9-15-14(11-13)22-19-16(25-15)5-3-6-17(19)26(23,24)18-7-4-10-21-20(18)22/h3-12H,1-2H3. The van der Waals surface area contributed by atoms with Gasteiger partial charge in [-0.2, -0.15) is 0 Å². The molecule has 2 aliphatic heterocycles. The predicted molar refractivity (Wildman–Crippen MR) is 103 cm³/mol. The third-order valence-electron chi connectivity index (χ3n) is 4.84. The maximum absolute atomic E-state index is 13.1. The third-order valence-corrected chi connectivity index (χ3v) is 7.76. The van der Waals surface area contributed by atoms with Gasteiger partial charge in [-0.1, -0.05) is 37.7 Å². The number of para-hydroxylation sites is 1. The highest BCUT2D eigenvalue weighted by molar-refractivity contribution is 8.00. The molecule has 2 aliphatic rings. The van der Waals surface area contributed by atoms with Gasteiger partial charge in [-0.3, -0.25) is 4.90 Å². The first kappa shape index (κ1) is 15.9. The molecule has 26 heavy (non-hydrogen) atoms. The monoisotopic (exact) mass is 380 g/mol. The number of hydrogen-bond donors (Lipinski definition) is 0. The number of hydrogen-bond acceptors (Lipinski definition) is 5. The van der Waals surface area contributed by atoms with Crippen LogP contribution in [0, 0.1) is 0 Å². The van der Waals surface area contributed by atoms with Crippen LogP contribution in [0.3, 0.4) is 0 Å². The molecule has 0 spiro atoms. The Balaban J connectivity index is 1.89. The van der Waals surface area contributed by atoms with Crippen LogP contribution in [0.25, 0.3) is 0 Å². The summed E-state index contributed by atoms with van der Waals surface area (Å²) in [5.41, 5.74) is 2.93. The molecule has 0 aliphatic carbocycles. The van der Waals surface area contributed by atoms with Crippen molar-refractivity contribution in [1.29, 1.82) is 0 Å². The number of benzene rings is 2. The van der Waals surface area contributed by atoms with Crippen LogP contribution in [-0.2, 0) is 9.84 Å². The summed E-state index contributed by atoms with van der Waals surface area (Å²) in [7, 11) is -3.58. The minimum atomic E-state index is -3.58. The minimum absolute atomic E-state index is 0.262. The Morgan fingerprint density at radius 1 is 1.00 bits per heavy atom. The van der Waals surface area contributed by atoms with Crippen molar-refractivity contribution >= 4 is 38.8 Å². The summed E-state index contributed by atoms with van der Waals surface area (Å²) >= 11 is 1.61. The fraction of sp³-hybridized carbons (Fsp3) is 0.150. The molecule has 3 heterocycles. The minimum Gasteiger partial charge on any atom is -0.290 e. The summed E-state index contributed by atoms with van der Waals surface area (Å²) in [6, 6.07) is 15.2. The van der Waals surface area contributed by atoms with Crippen molar-refractivity contribution in [3.05, 3.63) is 60.3 Å². The molecular weight excluding hydrogens is 364 g/mol. The highest BCUT2D eigenvalue weighted by atomic mass is 32.2. The maximum atomic E-state index is 13.1. The van der Waals surface area contributed by atoms with Gasteiger partial charge in [0.15, 0.2) is 5.82 Å². The van der Waals surface area contributed by atoms with Gasteiger partial charge in [-0.05, 0) is 47.9 Å². The van der Waals surface area contributed by atoms with E-state index in [9.17, 15) is 8.42 Å². The normalized spacial score (nSPS) is 16.0. The molecule has 2 aromatic carbocycles. The average molecular weight is 380 g/mol. The first-order valence-corrected chi connectivity index (χ1v) is 10.7. The number of rotatable bonds is 1. The Labute approximate surface area is 156 Å². The lowest BCUT2D eigenvalue weighted by Crippen LogP contribution is -2.26. The van der Waals surface area contributed by atoms with Gasteiger partial charge in [0.25, 0.3) is 0 Å². The molecule has 5 rings (SSSR count). The van der Waals surface area contributed by atoms with E-state index in [4.69, 9.17) is 0 Å². The van der Waals surface area contributed by atoms with Gasteiger partial charge in [-0.15, -0.1) is 0 Å². The number of anilines is 3. The van der Waals surface area contributed by atoms with E-state index in [0.717, 1.165) is 21.2 Å². The maximum Gasteiger partial charge on any atom is 0.212 e. The zero-order chi connectivity index (χ0) is 18.1. The van der Waals surface area contributed by atoms with Crippen molar-refractivity contribution in [1.82, 2.24) is 4.98 Å². The molecule has 0 fully saturated rings. The molecule has 3 aromatic rings. The van der Waals surface area contributed by atoms with E-state index >= 15 is 0 Å². The number of fused-ring (bicyclic) bond motifs is 4. The van der Waals surface area contributed by atoms with Crippen LogP contribution >= 0.6 is 11.8 Å². The van der Waals surface area contributed by atoms with E-state index in [-0.39, 0.29) is 4.90 Å². The largest absolute Gasteiger partial charge is 0.290 e. The molecule has 4 nitrogen and oxygen atoms in total. The molecule has 6 heteroatoms. The molecule has 0 N–H and O–H groups in total. The van der Waals surface area contributed by atoms with Crippen molar-refractivity contribution < 1.29 is 8.42 Å². The third kappa shape index (κ3) is 2.03. The smallest absolute Gasteiger partial charge is 0.212 e. The lowest BCUT2D eigenvalue weighted by molar-refractivity contribution is 0.594. The van der Waals surface area contributed by atoms with Crippen molar-refractivity contribution in [3.8, 4) is 0 Å². The predicted octanol–water partition coefficient (Wildman–Crippen LogP) is 5.29. The van der Waals surface area contributed by atoms with Crippen molar-refractivity contribution in [2.24, 2.45) is 0 Å². The molecule has 0 radical (unpaired) electrons. The van der Waals surface area contributed by atoms with E-state index in [1.54, 1.807) is 36.2 Å². The Morgan fingerprint density at radius 2 is 1.81 bits per heavy atom. The summed E-state index contributed by atoms with van der Waals surface area (Å²) in [4.78, 5) is 9.12. The highest BCUT2D eigenvalue weighted by Gasteiger charge is 2.40. The van der Waals surface area contributed by atoms with E-state index in [1.807, 2.05) is 17.0 Å². The average Bonchev–Trinajstić information content (AvgIpc) is 2.64. The summed E-state index contributed by atoms with van der Waals surface area (Å²) in [5.74, 6) is 0.869. The SMILES string of the molecule is CC(C)c1ccc2c(c1)N1c3ncccc3S(=O)(=O)c3cccc(c31)S2. The van der Waals surface area contributed by atoms with Crippen molar-refractivity contribution in [2.45, 2.75) is 39.3 Å². The second-order valence-electron chi connectivity index (χ2n) is 6.75. The number of pyridine rings is 1. The van der Waals surface area contributed by atoms with E-state index in [2.05, 4.69) is 37.0 Å². The fourth-order valence-electron chi connectivity index (χ4n) is 3.51. The summed E-state index contributed by atoms with van der Waals surface area (Å²) < 4.78 is 26.3. The number of nitrogens with zero attached hydrogens (tertiary/aromatic N) is 2. The molecule has 0 unspecified atom stereocenters. The lowest BCUT2D eigenvalue weighted by Gasteiger charge is -2.37. The number of sulfone groups is 1. The molecular formula is C20H16N2O2S2. The quantitative estimate of drug-likeness (QED) is 0.396. The van der Waals surface area contributed by atoms with Gasteiger partial charge in [0.05, 0.1) is 16.3 Å². The van der Waals surface area contributed by atoms with Crippen LogP contribution in [-0.4, -0.2) is 13.4 Å². The second kappa shape index (κ2) is 5.34. The van der Waals surface area contributed by atoms with Crippen molar-refractivity contribution in [3.63, 3.8) is 0 Å². The Bertz CT molecular complexity index is 1170. The van der Waals surface area contributed by atoms with E-state index in [1.165, 1.54) is 5.56 Å². The highest BCUT2D eigenvalue weighted by Crippen LogP contribution is 2.57. The first-order valence-electron chi connectivity index (χ1n) is 8.43. The van der Waals surface area contributed by atoms with Crippen LogP contribution in [0.5, 0.6) is 0 Å². The fourth-order valence-corrected chi connectivity index (χ4v) is 6.24. The zero-order valence-corrected chi connectivity index (χ0v) is 15.9. The Kier molecular flexibility index (Phi) is 3.27. The van der Waals surface area contributed by atoms with Gasteiger partial charge in [0.1, 0.15) is 4.90 Å². The van der Waals surface area contributed by atoms with E-state index in [0.29, 0.717) is 16.6 Å². The molecule has 130 valence electrons. The molecule has 0 saturated heterocycles. The zero-order valence-electron chi connectivity index (χ0n) is 14.3. The topological polar surface area (TPSA) is 50.3 Å². The van der Waals surface area contributed by atoms with E-state index < -0.39 is 9.84 Å². The summed E-state index contributed by atoms with van der Waals surface area (Å²) in [6.45, 7) is 4.31. The molecule has 0 amide bonds. The van der Waals surface area contributed by atoms with Gasteiger partial charge < -0.3 is 0 Å². The molecule has 0 bridgehead atoms. The summed E-state index contributed by atoms with van der Waals surface area (Å²) in [5, 5.41) is 0. The van der Waals surface area contributed by atoms with Crippen LogP contribution in [0.4, 0.5) is 17.2 Å². The summed E-state index contributed by atoms with van der Waals surface area (Å²) in [6.07, 6.45) is 1.65.